The van der Waals surface area contributed by atoms with Crippen molar-refractivity contribution in [1.82, 2.24) is 15.0 Å². The van der Waals surface area contributed by atoms with Crippen molar-refractivity contribution in [2.45, 2.75) is 39.7 Å². The maximum atomic E-state index is 6.17. The molecule has 0 aliphatic carbocycles. The van der Waals surface area contributed by atoms with Crippen LogP contribution in [0.2, 0.25) is 5.02 Å². The molecule has 0 bridgehead atoms. The Morgan fingerprint density at radius 1 is 1.19 bits per heavy atom. The van der Waals surface area contributed by atoms with Crippen molar-refractivity contribution >= 4 is 11.6 Å². The summed E-state index contributed by atoms with van der Waals surface area (Å²) in [7, 11) is 0. The van der Waals surface area contributed by atoms with E-state index in [0.29, 0.717) is 18.1 Å². The lowest BCUT2D eigenvalue weighted by Gasteiger charge is -2.25. The Balaban J connectivity index is 2.15. The molecule has 0 saturated carbocycles. The molecule has 0 aliphatic heterocycles. The molecule has 4 nitrogen and oxygen atoms in total. The van der Waals surface area contributed by atoms with Gasteiger partial charge >= 0.3 is 0 Å². The number of aromatic nitrogens is 2. The lowest BCUT2D eigenvalue weighted by atomic mass is 10.1. The van der Waals surface area contributed by atoms with Crippen molar-refractivity contribution < 1.29 is 4.52 Å². The molecular formula is C16H22ClN3O. The van der Waals surface area contributed by atoms with Crippen LogP contribution in [0, 0.1) is 0 Å². The fourth-order valence-corrected chi connectivity index (χ4v) is 2.74. The Morgan fingerprint density at radius 2 is 1.90 bits per heavy atom. The first-order chi connectivity index (χ1) is 10.2. The monoisotopic (exact) mass is 307 g/mol. The Hall–Kier alpha value is -1.39. The first-order valence-corrected chi connectivity index (χ1v) is 7.87. The van der Waals surface area contributed by atoms with Gasteiger partial charge in [0.05, 0.1) is 6.04 Å². The highest BCUT2D eigenvalue weighted by Crippen LogP contribution is 2.23. The van der Waals surface area contributed by atoms with E-state index in [0.717, 1.165) is 30.1 Å². The van der Waals surface area contributed by atoms with Gasteiger partial charge in [0, 0.05) is 11.4 Å². The van der Waals surface area contributed by atoms with Gasteiger partial charge in [-0.3, -0.25) is 4.90 Å². The summed E-state index contributed by atoms with van der Waals surface area (Å²) in [4.78, 5) is 6.88. The van der Waals surface area contributed by atoms with E-state index in [-0.39, 0.29) is 6.04 Å². The van der Waals surface area contributed by atoms with Gasteiger partial charge in [-0.25, -0.2) is 0 Å². The second-order valence-corrected chi connectivity index (χ2v) is 5.37. The maximum absolute atomic E-state index is 6.17. The molecule has 0 saturated heterocycles. The molecule has 1 unspecified atom stereocenters. The van der Waals surface area contributed by atoms with Crippen molar-refractivity contribution in [3.05, 3.63) is 46.6 Å². The van der Waals surface area contributed by atoms with Gasteiger partial charge in [0.1, 0.15) is 0 Å². The molecule has 114 valence electrons. The first kappa shape index (κ1) is 16.0. The van der Waals surface area contributed by atoms with Crippen molar-refractivity contribution in [2.24, 2.45) is 0 Å². The molecule has 2 aromatic rings. The third kappa shape index (κ3) is 3.83. The van der Waals surface area contributed by atoms with Gasteiger partial charge in [0.15, 0.2) is 5.82 Å². The van der Waals surface area contributed by atoms with Crippen LogP contribution in [-0.2, 0) is 6.42 Å². The van der Waals surface area contributed by atoms with E-state index >= 15 is 0 Å². The summed E-state index contributed by atoms with van der Waals surface area (Å²) in [6.07, 6.45) is 1.55. The molecule has 5 heteroatoms. The van der Waals surface area contributed by atoms with Crippen LogP contribution in [0.3, 0.4) is 0 Å². The smallest absolute Gasteiger partial charge is 0.243 e. The molecular weight excluding hydrogens is 286 g/mol. The molecule has 1 heterocycles. The van der Waals surface area contributed by atoms with E-state index in [1.54, 1.807) is 0 Å². The Morgan fingerprint density at radius 3 is 2.52 bits per heavy atom. The van der Waals surface area contributed by atoms with E-state index in [1.807, 2.05) is 24.3 Å². The predicted molar refractivity (Wildman–Crippen MR) is 84.5 cm³/mol. The highest BCUT2D eigenvalue weighted by Gasteiger charge is 2.22. The average molecular weight is 308 g/mol. The Bertz CT molecular complexity index is 566. The second kappa shape index (κ2) is 7.57. The number of halogens is 1. The third-order valence-electron chi connectivity index (χ3n) is 3.72. The molecule has 1 aromatic carbocycles. The third-order valence-corrected chi connectivity index (χ3v) is 4.08. The molecule has 0 amide bonds. The van der Waals surface area contributed by atoms with Crippen molar-refractivity contribution in [3.63, 3.8) is 0 Å². The second-order valence-electron chi connectivity index (χ2n) is 4.96. The van der Waals surface area contributed by atoms with Crippen LogP contribution in [0.5, 0.6) is 0 Å². The topological polar surface area (TPSA) is 42.2 Å². The van der Waals surface area contributed by atoms with Crippen molar-refractivity contribution in [2.75, 3.05) is 13.1 Å². The predicted octanol–water partition coefficient (Wildman–Crippen LogP) is 4.11. The average Bonchev–Trinajstić information content (AvgIpc) is 2.95. The van der Waals surface area contributed by atoms with Gasteiger partial charge in [0.25, 0.3) is 0 Å². The first-order valence-electron chi connectivity index (χ1n) is 7.49. The van der Waals surface area contributed by atoms with Gasteiger partial charge < -0.3 is 4.52 Å². The molecule has 0 fully saturated rings. The molecule has 0 radical (unpaired) electrons. The van der Waals surface area contributed by atoms with Crippen LogP contribution in [0.25, 0.3) is 0 Å². The summed E-state index contributed by atoms with van der Waals surface area (Å²) in [5.41, 5.74) is 1.02. The maximum Gasteiger partial charge on any atom is 0.243 e. The minimum absolute atomic E-state index is 0.187. The quantitative estimate of drug-likeness (QED) is 0.772. The summed E-state index contributed by atoms with van der Waals surface area (Å²) < 4.78 is 5.47. The van der Waals surface area contributed by atoms with Crippen LogP contribution in [-0.4, -0.2) is 28.1 Å². The van der Waals surface area contributed by atoms with Crippen LogP contribution in [0.4, 0.5) is 0 Å². The number of hydrogen-bond acceptors (Lipinski definition) is 4. The Labute approximate surface area is 131 Å². The summed E-state index contributed by atoms with van der Waals surface area (Å²) in [5, 5.41) is 4.84. The standard InChI is InChI=1S/C16H22ClN3O/c1-4-14(20(5-2)6-3)16-18-15(19-21-16)11-12-9-7-8-10-13(12)17/h7-10,14H,4-6,11H2,1-3H3. The Kier molecular flexibility index (Phi) is 5.76. The molecule has 2 rings (SSSR count). The zero-order valence-corrected chi connectivity index (χ0v) is 13.6. The van der Waals surface area contributed by atoms with Gasteiger partial charge in [-0.1, -0.05) is 55.7 Å². The van der Waals surface area contributed by atoms with E-state index in [9.17, 15) is 0 Å². The van der Waals surface area contributed by atoms with E-state index in [1.165, 1.54) is 0 Å². The lowest BCUT2D eigenvalue weighted by Crippen LogP contribution is -2.28. The molecule has 0 N–H and O–H groups in total. The van der Waals surface area contributed by atoms with Crippen molar-refractivity contribution in [1.29, 1.82) is 0 Å². The summed E-state index contributed by atoms with van der Waals surface area (Å²) >= 11 is 6.17. The fourth-order valence-electron chi connectivity index (χ4n) is 2.54. The van der Waals surface area contributed by atoms with Gasteiger partial charge in [-0.15, -0.1) is 0 Å². The lowest BCUT2D eigenvalue weighted by molar-refractivity contribution is 0.171. The summed E-state index contributed by atoms with van der Waals surface area (Å²) in [6.45, 7) is 8.37. The largest absolute Gasteiger partial charge is 0.338 e. The molecule has 0 spiro atoms. The van der Waals surface area contributed by atoms with E-state index < -0.39 is 0 Å². The number of nitrogens with zero attached hydrogens (tertiary/aromatic N) is 3. The van der Waals surface area contributed by atoms with Crippen LogP contribution >= 0.6 is 11.6 Å². The molecule has 21 heavy (non-hydrogen) atoms. The summed E-state index contributed by atoms with van der Waals surface area (Å²) in [6, 6.07) is 7.93. The fraction of sp³-hybridized carbons (Fsp3) is 0.500. The van der Waals surface area contributed by atoms with E-state index in [4.69, 9.17) is 16.1 Å². The van der Waals surface area contributed by atoms with E-state index in [2.05, 4.69) is 35.8 Å². The van der Waals surface area contributed by atoms with Crippen LogP contribution in [0.1, 0.15) is 50.5 Å². The van der Waals surface area contributed by atoms with Crippen molar-refractivity contribution in [3.8, 4) is 0 Å². The molecule has 1 atom stereocenters. The minimum atomic E-state index is 0.187. The SMILES string of the molecule is CCC(c1nc(Cc2ccccc2Cl)no1)N(CC)CC. The van der Waals surface area contributed by atoms with Gasteiger partial charge in [-0.05, 0) is 31.1 Å². The highest BCUT2D eigenvalue weighted by atomic mass is 35.5. The minimum Gasteiger partial charge on any atom is -0.338 e. The van der Waals surface area contributed by atoms with Crippen LogP contribution < -0.4 is 0 Å². The number of rotatable bonds is 7. The highest BCUT2D eigenvalue weighted by molar-refractivity contribution is 6.31. The zero-order valence-electron chi connectivity index (χ0n) is 12.8. The summed E-state index contributed by atoms with van der Waals surface area (Å²) in [5.74, 6) is 1.38. The van der Waals surface area contributed by atoms with Gasteiger partial charge in [-0.2, -0.15) is 4.98 Å². The molecule has 1 aromatic heterocycles. The molecule has 0 aliphatic rings. The number of hydrogen-bond donors (Lipinski definition) is 0. The zero-order chi connectivity index (χ0) is 15.2. The van der Waals surface area contributed by atoms with Crippen LogP contribution in [0.15, 0.2) is 28.8 Å². The normalized spacial score (nSPS) is 12.8. The van der Waals surface area contributed by atoms with Gasteiger partial charge in [0.2, 0.25) is 5.89 Å². The number of benzene rings is 1.